The van der Waals surface area contributed by atoms with Gasteiger partial charge in [-0.05, 0) is 36.8 Å². The Morgan fingerprint density at radius 3 is 2.60 bits per heavy atom. The number of nitrogens with one attached hydrogen (secondary N) is 3. The number of amides is 1. The number of hydrogen-bond donors (Lipinski definition) is 3. The molecule has 156 valence electrons. The Morgan fingerprint density at radius 2 is 1.87 bits per heavy atom. The summed E-state index contributed by atoms with van der Waals surface area (Å²) in [6, 6.07) is 14.1. The number of aliphatic imine (C=N–C) groups is 1. The van der Waals surface area contributed by atoms with Crippen molar-refractivity contribution >= 4 is 11.9 Å². The molecule has 8 heteroatoms. The van der Waals surface area contributed by atoms with E-state index in [-0.39, 0.29) is 5.91 Å². The molecule has 7 nitrogen and oxygen atoms in total. The number of aromatic nitrogens is 1. The number of rotatable bonds is 7. The summed E-state index contributed by atoms with van der Waals surface area (Å²) in [6.45, 7) is 2.90. The summed E-state index contributed by atoms with van der Waals surface area (Å²) in [6.07, 6.45) is 1.60. The van der Waals surface area contributed by atoms with Crippen LogP contribution in [0.4, 0.5) is 4.39 Å². The highest BCUT2D eigenvalue weighted by atomic mass is 19.1. The summed E-state index contributed by atoms with van der Waals surface area (Å²) in [7, 11) is 1.65. The van der Waals surface area contributed by atoms with E-state index in [1.54, 1.807) is 32.4 Å². The average molecular weight is 409 g/mol. The lowest BCUT2D eigenvalue weighted by molar-refractivity contribution is 0.0954. The van der Waals surface area contributed by atoms with Crippen LogP contribution < -0.4 is 16.0 Å². The summed E-state index contributed by atoms with van der Waals surface area (Å²) in [5.41, 5.74) is 2.45. The van der Waals surface area contributed by atoms with E-state index in [4.69, 9.17) is 4.42 Å². The fraction of sp³-hybridized carbons (Fsp3) is 0.227. The molecule has 3 N–H and O–H groups in total. The number of halogens is 1. The highest BCUT2D eigenvalue weighted by Gasteiger charge is 2.09. The Kier molecular flexibility index (Phi) is 7.15. The molecular weight excluding hydrogens is 385 g/mol. The van der Waals surface area contributed by atoms with Gasteiger partial charge in [0.25, 0.3) is 5.91 Å². The largest absolute Gasteiger partial charge is 0.444 e. The van der Waals surface area contributed by atoms with Crippen LogP contribution in [0.25, 0.3) is 11.5 Å². The van der Waals surface area contributed by atoms with Gasteiger partial charge in [0.2, 0.25) is 5.89 Å². The number of nitrogens with zero attached hydrogens (tertiary/aromatic N) is 2. The summed E-state index contributed by atoms with van der Waals surface area (Å²) >= 11 is 0. The first-order valence-electron chi connectivity index (χ1n) is 9.55. The molecular formula is C22H24FN5O2. The van der Waals surface area contributed by atoms with Gasteiger partial charge in [-0.1, -0.05) is 24.3 Å². The molecule has 1 heterocycles. The second-order valence-corrected chi connectivity index (χ2v) is 6.58. The maximum absolute atomic E-state index is 13.6. The summed E-state index contributed by atoms with van der Waals surface area (Å²) in [4.78, 5) is 20.7. The Labute approximate surface area is 174 Å². The van der Waals surface area contributed by atoms with Crippen molar-refractivity contribution in [2.45, 2.75) is 13.5 Å². The average Bonchev–Trinajstić information content (AvgIpc) is 3.24. The number of guanidine groups is 1. The highest BCUT2D eigenvalue weighted by molar-refractivity contribution is 5.94. The molecule has 3 rings (SSSR count). The van der Waals surface area contributed by atoms with Gasteiger partial charge in [-0.15, -0.1) is 0 Å². The molecule has 0 atom stereocenters. The van der Waals surface area contributed by atoms with E-state index in [1.165, 1.54) is 6.07 Å². The van der Waals surface area contributed by atoms with Crippen molar-refractivity contribution in [1.29, 1.82) is 0 Å². The van der Waals surface area contributed by atoms with Gasteiger partial charge >= 0.3 is 0 Å². The zero-order valence-electron chi connectivity index (χ0n) is 16.9. The third kappa shape index (κ3) is 5.66. The van der Waals surface area contributed by atoms with Crippen molar-refractivity contribution < 1.29 is 13.6 Å². The topological polar surface area (TPSA) is 91.5 Å². The quantitative estimate of drug-likeness (QED) is 0.317. The monoisotopic (exact) mass is 409 g/mol. The molecule has 2 aromatic carbocycles. The lowest BCUT2D eigenvalue weighted by Crippen LogP contribution is -2.41. The zero-order chi connectivity index (χ0) is 21.3. The van der Waals surface area contributed by atoms with Crippen LogP contribution in [0.5, 0.6) is 0 Å². The van der Waals surface area contributed by atoms with Crippen LogP contribution >= 0.6 is 0 Å². The molecule has 0 saturated carbocycles. The molecule has 0 saturated heterocycles. The van der Waals surface area contributed by atoms with E-state index in [0.717, 1.165) is 11.3 Å². The first-order chi connectivity index (χ1) is 14.6. The minimum absolute atomic E-state index is 0.292. The summed E-state index contributed by atoms with van der Waals surface area (Å²) in [5.74, 6) is 0.406. The number of hydrogen-bond acceptors (Lipinski definition) is 4. The van der Waals surface area contributed by atoms with Crippen molar-refractivity contribution in [1.82, 2.24) is 20.9 Å². The van der Waals surface area contributed by atoms with E-state index >= 15 is 0 Å². The molecule has 30 heavy (non-hydrogen) atoms. The smallest absolute Gasteiger partial charge is 0.251 e. The van der Waals surface area contributed by atoms with E-state index < -0.39 is 5.82 Å². The van der Waals surface area contributed by atoms with Crippen molar-refractivity contribution in [2.24, 2.45) is 4.99 Å². The third-order valence-electron chi connectivity index (χ3n) is 4.37. The van der Waals surface area contributed by atoms with Crippen LogP contribution in [0.2, 0.25) is 0 Å². The van der Waals surface area contributed by atoms with E-state index in [2.05, 4.69) is 25.9 Å². The Balaban J connectivity index is 1.41. The minimum atomic E-state index is -0.395. The van der Waals surface area contributed by atoms with Gasteiger partial charge in [0.15, 0.2) is 5.96 Å². The van der Waals surface area contributed by atoms with Crippen LogP contribution in [0.1, 0.15) is 21.6 Å². The molecule has 3 aromatic rings. The van der Waals surface area contributed by atoms with Crippen molar-refractivity contribution in [3.63, 3.8) is 0 Å². The Morgan fingerprint density at radius 1 is 1.10 bits per heavy atom. The fourth-order valence-corrected chi connectivity index (χ4v) is 2.69. The molecule has 0 fully saturated rings. The highest BCUT2D eigenvalue weighted by Crippen LogP contribution is 2.17. The maximum atomic E-state index is 13.6. The minimum Gasteiger partial charge on any atom is -0.444 e. The molecule has 0 bridgehead atoms. The van der Waals surface area contributed by atoms with Gasteiger partial charge in [-0.25, -0.2) is 9.37 Å². The normalized spacial score (nSPS) is 11.2. The Bertz CT molecular complexity index is 1020. The van der Waals surface area contributed by atoms with Gasteiger partial charge < -0.3 is 20.4 Å². The number of aryl methyl sites for hydroxylation is 1. The predicted molar refractivity (Wildman–Crippen MR) is 114 cm³/mol. The lowest BCUT2D eigenvalue weighted by Gasteiger charge is -2.11. The number of oxazole rings is 1. The lowest BCUT2D eigenvalue weighted by atomic mass is 10.1. The van der Waals surface area contributed by atoms with Crippen molar-refractivity contribution in [3.05, 3.63) is 77.4 Å². The number of benzene rings is 2. The van der Waals surface area contributed by atoms with Crippen molar-refractivity contribution in [2.75, 3.05) is 20.1 Å². The molecule has 0 spiro atoms. The molecule has 0 unspecified atom stereocenters. The predicted octanol–water partition coefficient (Wildman–Crippen LogP) is 2.88. The molecule has 0 aliphatic rings. The van der Waals surface area contributed by atoms with Gasteiger partial charge in [-0.2, -0.15) is 0 Å². The van der Waals surface area contributed by atoms with E-state index in [1.807, 2.05) is 30.3 Å². The molecule has 1 aromatic heterocycles. The third-order valence-corrected chi connectivity index (χ3v) is 4.37. The molecule has 0 radical (unpaired) electrons. The summed E-state index contributed by atoms with van der Waals surface area (Å²) in [5, 5.41) is 8.98. The second kappa shape index (κ2) is 10.2. The van der Waals surface area contributed by atoms with Gasteiger partial charge in [0.05, 0.1) is 12.2 Å². The van der Waals surface area contributed by atoms with Crippen LogP contribution in [-0.4, -0.2) is 37.0 Å². The van der Waals surface area contributed by atoms with Crippen LogP contribution in [0, 0.1) is 12.7 Å². The Hall–Kier alpha value is -3.68. The standard InChI is InChI=1S/C22H24FN5O2/c1-15-8-9-17(12-19(15)23)20(29)25-10-11-26-22(24-2)27-13-18-14-30-21(28-18)16-6-4-3-5-7-16/h3-9,12,14H,10-11,13H2,1-2H3,(H,25,29)(H2,24,26,27). The van der Waals surface area contributed by atoms with Gasteiger partial charge in [0, 0.05) is 31.3 Å². The van der Waals surface area contributed by atoms with E-state index in [0.29, 0.717) is 42.6 Å². The molecule has 0 aliphatic heterocycles. The van der Waals surface area contributed by atoms with Gasteiger partial charge in [0.1, 0.15) is 12.1 Å². The van der Waals surface area contributed by atoms with Gasteiger partial charge in [-0.3, -0.25) is 9.79 Å². The van der Waals surface area contributed by atoms with Crippen LogP contribution in [-0.2, 0) is 6.54 Å². The summed E-state index contributed by atoms with van der Waals surface area (Å²) < 4.78 is 19.1. The number of carbonyl (C=O) groups excluding carboxylic acids is 1. The van der Waals surface area contributed by atoms with Crippen molar-refractivity contribution in [3.8, 4) is 11.5 Å². The molecule has 0 aliphatic carbocycles. The van der Waals surface area contributed by atoms with E-state index in [9.17, 15) is 9.18 Å². The van der Waals surface area contributed by atoms with Crippen LogP contribution in [0.3, 0.4) is 0 Å². The zero-order valence-corrected chi connectivity index (χ0v) is 16.9. The molecule has 1 amide bonds. The van der Waals surface area contributed by atoms with Crippen LogP contribution in [0.15, 0.2) is 64.2 Å². The first-order valence-corrected chi connectivity index (χ1v) is 9.55. The second-order valence-electron chi connectivity index (χ2n) is 6.58. The first kappa shape index (κ1) is 21.0. The number of carbonyl (C=O) groups is 1. The fourth-order valence-electron chi connectivity index (χ4n) is 2.69. The maximum Gasteiger partial charge on any atom is 0.251 e. The SMILES string of the molecule is CN=C(NCCNC(=O)c1ccc(C)c(F)c1)NCc1coc(-c2ccccc2)n1.